The molecule has 0 spiro atoms. The zero-order valence-electron chi connectivity index (χ0n) is 11.2. The van der Waals surface area contributed by atoms with Gasteiger partial charge in [0, 0.05) is 12.3 Å². The van der Waals surface area contributed by atoms with Gasteiger partial charge in [-0.15, -0.1) is 0 Å². The number of hydrogen-bond acceptors (Lipinski definition) is 3. The third kappa shape index (κ3) is 3.19. The summed E-state index contributed by atoms with van der Waals surface area (Å²) in [5, 5.41) is 0. The molecule has 0 saturated heterocycles. The van der Waals surface area contributed by atoms with Gasteiger partial charge < -0.3 is 9.53 Å². The predicted octanol–water partition coefficient (Wildman–Crippen LogP) is 2.95. The van der Waals surface area contributed by atoms with Crippen LogP contribution in [0.3, 0.4) is 0 Å². The first kappa shape index (κ1) is 14.4. The molecule has 1 atom stereocenters. The zero-order chi connectivity index (χ0) is 13.6. The van der Waals surface area contributed by atoms with E-state index >= 15 is 0 Å². The lowest BCUT2D eigenvalue weighted by Gasteiger charge is -2.31. The third-order valence-corrected chi connectivity index (χ3v) is 3.21. The van der Waals surface area contributed by atoms with Gasteiger partial charge in [-0.25, -0.2) is 0 Å². The van der Waals surface area contributed by atoms with Crippen LogP contribution < -0.4 is 0 Å². The van der Waals surface area contributed by atoms with Crippen molar-refractivity contribution in [1.29, 1.82) is 0 Å². The average molecular weight is 248 g/mol. The highest BCUT2D eigenvalue weighted by molar-refractivity contribution is 5.78. The first-order valence-electron chi connectivity index (χ1n) is 6.19. The van der Waals surface area contributed by atoms with Crippen LogP contribution in [0.2, 0.25) is 0 Å². The maximum Gasteiger partial charge on any atom is 0.312 e. The highest BCUT2D eigenvalue weighted by Gasteiger charge is 2.38. The molecule has 0 radical (unpaired) electrons. The van der Waals surface area contributed by atoms with Crippen molar-refractivity contribution >= 4 is 12.3 Å². The van der Waals surface area contributed by atoms with Crippen molar-refractivity contribution in [2.45, 2.75) is 33.1 Å². The van der Waals surface area contributed by atoms with Crippen LogP contribution in [-0.4, -0.2) is 18.9 Å². The predicted molar refractivity (Wildman–Crippen MR) is 70.3 cm³/mol. The summed E-state index contributed by atoms with van der Waals surface area (Å²) < 4.78 is 5.10. The summed E-state index contributed by atoms with van der Waals surface area (Å²) in [7, 11) is 0. The van der Waals surface area contributed by atoms with Crippen LogP contribution in [0.1, 0.15) is 38.7 Å². The lowest BCUT2D eigenvalue weighted by molar-refractivity contribution is -0.154. The van der Waals surface area contributed by atoms with Crippen molar-refractivity contribution in [1.82, 2.24) is 0 Å². The Kier molecular flexibility index (Phi) is 5.08. The minimum Gasteiger partial charge on any atom is -0.466 e. The van der Waals surface area contributed by atoms with E-state index in [1.54, 1.807) is 6.92 Å². The molecular formula is C15H20O3. The molecule has 18 heavy (non-hydrogen) atoms. The van der Waals surface area contributed by atoms with Crippen molar-refractivity contribution in [2.75, 3.05) is 6.61 Å². The van der Waals surface area contributed by atoms with E-state index in [2.05, 4.69) is 0 Å². The number of ether oxygens (including phenoxy) is 1. The van der Waals surface area contributed by atoms with Crippen molar-refractivity contribution in [2.24, 2.45) is 5.41 Å². The van der Waals surface area contributed by atoms with E-state index < -0.39 is 5.41 Å². The summed E-state index contributed by atoms with van der Waals surface area (Å²) in [4.78, 5) is 22.9. The fourth-order valence-corrected chi connectivity index (χ4v) is 2.09. The molecule has 3 nitrogen and oxygen atoms in total. The molecule has 0 amide bonds. The Morgan fingerprint density at radius 3 is 2.44 bits per heavy atom. The quantitative estimate of drug-likeness (QED) is 0.574. The summed E-state index contributed by atoms with van der Waals surface area (Å²) in [6.07, 6.45) is 1.18. The van der Waals surface area contributed by atoms with Gasteiger partial charge in [-0.2, -0.15) is 0 Å². The fourth-order valence-electron chi connectivity index (χ4n) is 2.09. The van der Waals surface area contributed by atoms with Gasteiger partial charge in [0.1, 0.15) is 6.29 Å². The van der Waals surface area contributed by atoms with E-state index in [1.807, 2.05) is 44.2 Å². The highest BCUT2D eigenvalue weighted by Crippen LogP contribution is 2.38. The first-order valence-corrected chi connectivity index (χ1v) is 6.19. The Morgan fingerprint density at radius 2 is 1.94 bits per heavy atom. The van der Waals surface area contributed by atoms with E-state index in [4.69, 9.17) is 4.74 Å². The minimum absolute atomic E-state index is 0.157. The van der Waals surface area contributed by atoms with Gasteiger partial charge in [-0.3, -0.25) is 4.79 Å². The zero-order valence-corrected chi connectivity index (χ0v) is 11.2. The lowest BCUT2D eigenvalue weighted by Crippen LogP contribution is -2.33. The molecule has 0 N–H and O–H groups in total. The smallest absolute Gasteiger partial charge is 0.312 e. The maximum absolute atomic E-state index is 12.0. The van der Waals surface area contributed by atoms with Crippen LogP contribution in [0.5, 0.6) is 0 Å². The molecule has 1 aromatic rings. The third-order valence-electron chi connectivity index (χ3n) is 3.21. The largest absolute Gasteiger partial charge is 0.466 e. The Hall–Kier alpha value is -1.64. The van der Waals surface area contributed by atoms with Gasteiger partial charge in [-0.1, -0.05) is 30.3 Å². The van der Waals surface area contributed by atoms with Gasteiger partial charge >= 0.3 is 5.97 Å². The SMILES string of the molecule is CCOC(=O)C(C)(C)C(CC=O)c1ccccc1. The van der Waals surface area contributed by atoms with Crippen molar-refractivity contribution < 1.29 is 14.3 Å². The molecule has 0 bridgehead atoms. The number of hydrogen-bond donors (Lipinski definition) is 0. The Bertz CT molecular complexity index is 395. The van der Waals surface area contributed by atoms with E-state index in [0.717, 1.165) is 11.8 Å². The molecule has 0 aliphatic heterocycles. The first-order chi connectivity index (χ1) is 8.54. The van der Waals surface area contributed by atoms with E-state index in [9.17, 15) is 9.59 Å². The Balaban J connectivity index is 3.04. The summed E-state index contributed by atoms with van der Waals surface area (Å²) in [6.45, 7) is 5.79. The van der Waals surface area contributed by atoms with Gasteiger partial charge in [-0.05, 0) is 26.3 Å². The van der Waals surface area contributed by atoms with Crippen LogP contribution in [0, 0.1) is 5.41 Å². The maximum atomic E-state index is 12.0. The number of rotatable bonds is 6. The lowest BCUT2D eigenvalue weighted by atomic mass is 9.73. The van der Waals surface area contributed by atoms with Crippen molar-refractivity contribution in [3.8, 4) is 0 Å². The molecule has 1 rings (SSSR count). The molecule has 0 aliphatic carbocycles. The number of carbonyl (C=O) groups is 2. The summed E-state index contributed by atoms with van der Waals surface area (Å²) in [6, 6.07) is 9.62. The number of carbonyl (C=O) groups excluding carboxylic acids is 2. The van der Waals surface area contributed by atoms with Crippen LogP contribution in [0.4, 0.5) is 0 Å². The molecular weight excluding hydrogens is 228 g/mol. The van der Waals surface area contributed by atoms with E-state index in [1.165, 1.54) is 0 Å². The molecule has 1 unspecified atom stereocenters. The standard InChI is InChI=1S/C15H20O3/c1-4-18-14(17)15(2,3)13(10-11-16)12-8-6-5-7-9-12/h5-9,11,13H,4,10H2,1-3H3. The van der Waals surface area contributed by atoms with E-state index in [0.29, 0.717) is 13.0 Å². The number of aldehydes is 1. The minimum atomic E-state index is -0.710. The number of esters is 1. The molecule has 3 heteroatoms. The van der Waals surface area contributed by atoms with Gasteiger partial charge in [0.05, 0.1) is 12.0 Å². The summed E-state index contributed by atoms with van der Waals surface area (Å²) in [5.74, 6) is -0.420. The summed E-state index contributed by atoms with van der Waals surface area (Å²) >= 11 is 0. The molecule has 0 aromatic heterocycles. The Labute approximate surface area is 108 Å². The monoisotopic (exact) mass is 248 g/mol. The molecule has 0 fully saturated rings. The topological polar surface area (TPSA) is 43.4 Å². The number of benzene rings is 1. The van der Waals surface area contributed by atoms with Crippen LogP contribution in [-0.2, 0) is 14.3 Å². The second-order valence-corrected chi connectivity index (χ2v) is 4.81. The normalized spacial score (nSPS) is 12.8. The molecule has 0 saturated carbocycles. The molecule has 1 aromatic carbocycles. The Morgan fingerprint density at radius 1 is 1.33 bits per heavy atom. The molecule has 0 heterocycles. The van der Waals surface area contributed by atoms with Crippen LogP contribution in [0.25, 0.3) is 0 Å². The molecule has 0 aliphatic rings. The van der Waals surface area contributed by atoms with Crippen LogP contribution in [0.15, 0.2) is 30.3 Å². The fraction of sp³-hybridized carbons (Fsp3) is 0.467. The summed E-state index contributed by atoms with van der Waals surface area (Å²) in [5.41, 5.74) is 0.279. The van der Waals surface area contributed by atoms with Crippen molar-refractivity contribution in [3.05, 3.63) is 35.9 Å². The van der Waals surface area contributed by atoms with E-state index in [-0.39, 0.29) is 11.9 Å². The van der Waals surface area contributed by atoms with Gasteiger partial charge in [0.2, 0.25) is 0 Å². The molecule has 98 valence electrons. The highest BCUT2D eigenvalue weighted by atomic mass is 16.5. The second kappa shape index (κ2) is 6.34. The van der Waals surface area contributed by atoms with Gasteiger partial charge in [0.25, 0.3) is 0 Å². The second-order valence-electron chi connectivity index (χ2n) is 4.81. The average Bonchev–Trinajstić information content (AvgIpc) is 2.37. The van der Waals surface area contributed by atoms with Crippen molar-refractivity contribution in [3.63, 3.8) is 0 Å². The van der Waals surface area contributed by atoms with Crippen LogP contribution >= 0.6 is 0 Å². The van der Waals surface area contributed by atoms with Gasteiger partial charge in [0.15, 0.2) is 0 Å².